The van der Waals surface area contributed by atoms with Gasteiger partial charge in [-0.2, -0.15) is 13.2 Å². The first-order valence-corrected chi connectivity index (χ1v) is 13.5. The summed E-state index contributed by atoms with van der Waals surface area (Å²) in [5.74, 6) is 0.499. The fourth-order valence-electron chi connectivity index (χ4n) is 5.27. The third kappa shape index (κ3) is 5.64. The quantitative estimate of drug-likeness (QED) is 0.392. The van der Waals surface area contributed by atoms with Gasteiger partial charge in [0.2, 0.25) is 0 Å². The summed E-state index contributed by atoms with van der Waals surface area (Å²) >= 11 is 6.53. The van der Waals surface area contributed by atoms with Crippen LogP contribution in [0.4, 0.5) is 35.3 Å². The van der Waals surface area contributed by atoms with Crippen LogP contribution in [-0.2, 0) is 15.7 Å². The number of benzene rings is 1. The van der Waals surface area contributed by atoms with Crippen LogP contribution in [-0.4, -0.2) is 60.2 Å². The third-order valence-electron chi connectivity index (χ3n) is 7.19. The zero-order chi connectivity index (χ0) is 28.9. The molecule has 2 saturated heterocycles. The van der Waals surface area contributed by atoms with Crippen LogP contribution in [0.15, 0.2) is 48.7 Å². The fourth-order valence-corrected chi connectivity index (χ4v) is 5.53. The van der Waals surface area contributed by atoms with Gasteiger partial charge in [0.25, 0.3) is 0 Å². The summed E-state index contributed by atoms with van der Waals surface area (Å²) in [7, 11) is 0. The molecule has 0 aliphatic carbocycles. The number of aromatic nitrogens is 2. The number of anilines is 3. The van der Waals surface area contributed by atoms with Gasteiger partial charge >= 0.3 is 12.2 Å². The van der Waals surface area contributed by atoms with Gasteiger partial charge < -0.3 is 19.1 Å². The maximum Gasteiger partial charge on any atom is 0.416 e. The molecule has 216 valence electrons. The van der Waals surface area contributed by atoms with Crippen molar-refractivity contribution in [3.63, 3.8) is 0 Å². The Hall–Kier alpha value is -3.61. The molecule has 3 aromatic rings. The zero-order valence-electron chi connectivity index (χ0n) is 22.2. The van der Waals surface area contributed by atoms with Crippen molar-refractivity contribution in [2.45, 2.75) is 44.4 Å². The Labute approximate surface area is 239 Å². The van der Waals surface area contributed by atoms with Gasteiger partial charge in [-0.3, -0.25) is 10.2 Å². The summed E-state index contributed by atoms with van der Waals surface area (Å²) < 4.78 is 57.1. The molecule has 2 bridgehead atoms. The highest BCUT2D eigenvalue weighted by atomic mass is 35.5. The number of fused-ring (bicyclic) bond motifs is 4. The number of nitrogens with one attached hydrogen (secondary N) is 1. The molecule has 2 fully saturated rings. The van der Waals surface area contributed by atoms with Crippen molar-refractivity contribution in [1.82, 2.24) is 9.97 Å². The van der Waals surface area contributed by atoms with E-state index in [-0.39, 0.29) is 28.4 Å². The average Bonchev–Trinajstić information content (AvgIpc) is 3.51. The zero-order valence-corrected chi connectivity index (χ0v) is 23.0. The number of carbonyl (C=O) groups excluding carboxylic acids is 1. The molecule has 2 aromatic heterocycles. The molecule has 9 nitrogen and oxygen atoms in total. The van der Waals surface area contributed by atoms with Crippen molar-refractivity contribution in [3.05, 3.63) is 59.2 Å². The molecule has 2 amide bonds. The summed E-state index contributed by atoms with van der Waals surface area (Å²) in [5.41, 5.74) is 0.204. The normalized spacial score (nSPS) is 21.1. The number of ether oxygens (including phenoxy) is 3. The van der Waals surface area contributed by atoms with Crippen LogP contribution >= 0.6 is 11.6 Å². The molecular formula is C28H27ClF3N5O4. The van der Waals surface area contributed by atoms with Gasteiger partial charge in [0, 0.05) is 18.7 Å². The van der Waals surface area contributed by atoms with Crippen molar-refractivity contribution in [1.29, 1.82) is 0 Å². The second-order valence-electron chi connectivity index (χ2n) is 10.6. The van der Waals surface area contributed by atoms with Crippen molar-refractivity contribution >= 4 is 35.0 Å². The van der Waals surface area contributed by atoms with Crippen LogP contribution in [0, 0.1) is 0 Å². The molecule has 6 rings (SSSR count). The molecule has 2 unspecified atom stereocenters. The van der Waals surface area contributed by atoms with Gasteiger partial charge in [-0.25, -0.2) is 14.8 Å². The third-order valence-corrected chi connectivity index (χ3v) is 7.48. The lowest BCUT2D eigenvalue weighted by Crippen LogP contribution is -2.48. The number of urea groups is 1. The molecule has 5 heterocycles. The van der Waals surface area contributed by atoms with E-state index in [0.717, 1.165) is 12.1 Å². The molecule has 2 atom stereocenters. The monoisotopic (exact) mass is 589 g/mol. The Morgan fingerprint density at radius 1 is 1.24 bits per heavy atom. The van der Waals surface area contributed by atoms with Crippen LogP contribution in [0.3, 0.4) is 0 Å². The Morgan fingerprint density at radius 2 is 2.07 bits per heavy atom. The van der Waals surface area contributed by atoms with Gasteiger partial charge in [-0.15, -0.1) is 0 Å². The first-order chi connectivity index (χ1) is 19.5. The SMILES string of the molecule is CC1(C)OCC(COc2ccc(NC(=O)N3c4nc(-c5cccc(C(F)(F)F)c5)c(Cl)cc4N4CCC3C4)nc2)O1. The van der Waals surface area contributed by atoms with E-state index < -0.39 is 23.6 Å². The number of alkyl halides is 3. The second-order valence-corrected chi connectivity index (χ2v) is 11.0. The van der Waals surface area contributed by atoms with Crippen LogP contribution in [0.25, 0.3) is 11.3 Å². The Balaban J connectivity index is 1.21. The average molecular weight is 590 g/mol. The molecule has 0 saturated carbocycles. The lowest BCUT2D eigenvalue weighted by molar-refractivity contribution is -0.141. The smallest absolute Gasteiger partial charge is 0.416 e. The highest BCUT2D eigenvalue weighted by molar-refractivity contribution is 6.33. The van der Waals surface area contributed by atoms with E-state index in [1.165, 1.54) is 23.2 Å². The first kappa shape index (κ1) is 27.6. The van der Waals surface area contributed by atoms with Crippen LogP contribution < -0.4 is 19.9 Å². The minimum atomic E-state index is -4.52. The standard InChI is InChI=1S/C28H27ClF3N5O4/c1-27(2)40-15-20(41-27)14-39-19-6-7-23(33-12-19)34-26(38)37-18-8-9-36(13-18)22-11-21(29)24(35-25(22)37)16-4-3-5-17(10-16)28(30,31)32/h3-7,10-12,18,20H,8-9,13-15H2,1-2H3,(H,33,34,38). The minimum absolute atomic E-state index is 0.163. The molecule has 3 aliphatic rings. The molecule has 13 heteroatoms. The van der Waals surface area contributed by atoms with E-state index in [2.05, 4.69) is 20.2 Å². The van der Waals surface area contributed by atoms with Gasteiger partial charge in [0.15, 0.2) is 11.6 Å². The largest absolute Gasteiger partial charge is 0.489 e. The van der Waals surface area contributed by atoms with Gasteiger partial charge in [0.05, 0.1) is 40.8 Å². The molecule has 0 radical (unpaired) electrons. The van der Waals surface area contributed by atoms with Crippen LogP contribution in [0.5, 0.6) is 5.75 Å². The highest BCUT2D eigenvalue weighted by Gasteiger charge is 2.41. The highest BCUT2D eigenvalue weighted by Crippen LogP contribution is 2.43. The number of hydrogen-bond donors (Lipinski definition) is 1. The maximum atomic E-state index is 13.6. The van der Waals surface area contributed by atoms with E-state index in [9.17, 15) is 18.0 Å². The molecule has 1 N–H and O–H groups in total. The van der Waals surface area contributed by atoms with Crippen molar-refractivity contribution in [3.8, 4) is 17.0 Å². The number of amides is 2. The number of rotatable bonds is 5. The maximum absolute atomic E-state index is 13.6. The predicted octanol–water partition coefficient (Wildman–Crippen LogP) is 5.98. The van der Waals surface area contributed by atoms with Gasteiger partial charge in [-0.05, 0) is 50.6 Å². The van der Waals surface area contributed by atoms with Crippen molar-refractivity contribution in [2.75, 3.05) is 41.4 Å². The Kier molecular flexibility index (Phi) is 6.95. The Bertz CT molecular complexity index is 1470. The number of pyridine rings is 2. The van der Waals surface area contributed by atoms with Crippen molar-refractivity contribution in [2.24, 2.45) is 0 Å². The topological polar surface area (TPSA) is 89.1 Å². The summed E-state index contributed by atoms with van der Waals surface area (Å²) in [6.45, 7) is 5.68. The van der Waals surface area contributed by atoms with Crippen LogP contribution in [0.1, 0.15) is 25.8 Å². The molecule has 1 aromatic carbocycles. The lowest BCUT2D eigenvalue weighted by atomic mass is 10.1. The summed E-state index contributed by atoms with van der Waals surface area (Å²) in [6.07, 6.45) is -2.51. The number of hydrogen-bond acceptors (Lipinski definition) is 7. The molecule has 0 spiro atoms. The van der Waals surface area contributed by atoms with E-state index >= 15 is 0 Å². The molecular weight excluding hydrogens is 563 g/mol. The predicted molar refractivity (Wildman–Crippen MR) is 146 cm³/mol. The second kappa shape index (κ2) is 10.3. The van der Waals surface area contributed by atoms with Gasteiger partial charge in [0.1, 0.15) is 24.3 Å². The van der Waals surface area contributed by atoms with E-state index in [1.807, 2.05) is 13.8 Å². The van der Waals surface area contributed by atoms with Gasteiger partial charge in [-0.1, -0.05) is 23.7 Å². The lowest BCUT2D eigenvalue weighted by Gasteiger charge is -2.36. The fraction of sp³-hybridized carbons (Fsp3) is 0.393. The summed E-state index contributed by atoms with van der Waals surface area (Å²) in [4.78, 5) is 26.1. The van der Waals surface area contributed by atoms with Crippen LogP contribution in [0.2, 0.25) is 5.02 Å². The summed E-state index contributed by atoms with van der Waals surface area (Å²) in [5, 5.41) is 3.01. The van der Waals surface area contributed by atoms with E-state index in [4.69, 9.17) is 25.8 Å². The first-order valence-electron chi connectivity index (χ1n) is 13.1. The van der Waals surface area contributed by atoms with Crippen molar-refractivity contribution < 1.29 is 32.2 Å². The van der Waals surface area contributed by atoms with E-state index in [0.29, 0.717) is 55.8 Å². The minimum Gasteiger partial charge on any atom is -0.489 e. The Morgan fingerprint density at radius 3 is 2.78 bits per heavy atom. The summed E-state index contributed by atoms with van der Waals surface area (Å²) in [6, 6.07) is 9.15. The number of nitrogens with zero attached hydrogens (tertiary/aromatic N) is 4. The number of halogens is 4. The molecule has 3 aliphatic heterocycles. The van der Waals surface area contributed by atoms with E-state index in [1.54, 1.807) is 18.2 Å². The molecule has 41 heavy (non-hydrogen) atoms. The number of carbonyl (C=O) groups is 1.